The Kier molecular flexibility index (Phi) is 5.23. The summed E-state index contributed by atoms with van der Waals surface area (Å²) in [4.78, 5) is 10.9. The van der Waals surface area contributed by atoms with Gasteiger partial charge >= 0.3 is 5.97 Å². The van der Waals surface area contributed by atoms with Crippen LogP contribution in [0.25, 0.3) is 0 Å². The highest BCUT2D eigenvalue weighted by atomic mass is 35.5. The first-order chi connectivity index (χ1) is 12.4. The second kappa shape index (κ2) is 7.58. The molecule has 1 heterocycles. The van der Waals surface area contributed by atoms with Crippen molar-refractivity contribution in [3.63, 3.8) is 0 Å². The summed E-state index contributed by atoms with van der Waals surface area (Å²) in [5.74, 6) is -1.83. The van der Waals surface area contributed by atoms with Crippen molar-refractivity contribution in [2.75, 3.05) is 0 Å². The smallest absolute Gasteiger partial charge is 0.371 e. The lowest BCUT2D eigenvalue weighted by Crippen LogP contribution is -2.02. The van der Waals surface area contributed by atoms with Gasteiger partial charge in [0.2, 0.25) is 5.76 Å². The molecule has 1 aromatic heterocycles. The molecule has 0 aliphatic heterocycles. The average molecular weight is 379 g/mol. The normalized spacial score (nSPS) is 10.7. The fourth-order valence-corrected chi connectivity index (χ4v) is 2.59. The van der Waals surface area contributed by atoms with E-state index in [-0.39, 0.29) is 24.4 Å². The molecule has 0 saturated heterocycles. The number of ether oxygens (including phenoxy) is 1. The zero-order valence-corrected chi connectivity index (χ0v) is 14.1. The highest BCUT2D eigenvalue weighted by Gasteiger charge is 2.13. The summed E-state index contributed by atoms with van der Waals surface area (Å²) >= 11 is 6.02. The molecule has 0 aliphatic rings. The molecule has 3 rings (SSSR count). The van der Waals surface area contributed by atoms with Gasteiger partial charge < -0.3 is 14.3 Å². The summed E-state index contributed by atoms with van der Waals surface area (Å²) in [6.45, 7) is -0.0979. The molecule has 0 bridgehead atoms. The van der Waals surface area contributed by atoms with E-state index in [9.17, 15) is 13.6 Å². The van der Waals surface area contributed by atoms with Crippen LogP contribution in [0.3, 0.4) is 0 Å². The van der Waals surface area contributed by atoms with Crippen LogP contribution in [0.5, 0.6) is 5.75 Å². The first kappa shape index (κ1) is 17.9. The summed E-state index contributed by atoms with van der Waals surface area (Å²) in [7, 11) is 0. The van der Waals surface area contributed by atoms with Crippen molar-refractivity contribution in [1.82, 2.24) is 0 Å². The molecule has 7 heteroatoms. The van der Waals surface area contributed by atoms with Gasteiger partial charge in [0.15, 0.2) is 0 Å². The molecule has 0 saturated carbocycles. The van der Waals surface area contributed by atoms with Crippen LogP contribution in [-0.2, 0) is 13.0 Å². The van der Waals surface area contributed by atoms with E-state index >= 15 is 0 Å². The molecule has 26 heavy (non-hydrogen) atoms. The van der Waals surface area contributed by atoms with Gasteiger partial charge in [-0.2, -0.15) is 0 Å². The van der Waals surface area contributed by atoms with Crippen molar-refractivity contribution in [3.05, 3.63) is 87.8 Å². The predicted molar refractivity (Wildman–Crippen MR) is 90.6 cm³/mol. The number of furan rings is 1. The predicted octanol–water partition coefficient (Wildman–Crippen LogP) is 5.08. The van der Waals surface area contributed by atoms with Gasteiger partial charge in [0.25, 0.3) is 0 Å². The topological polar surface area (TPSA) is 59.7 Å². The van der Waals surface area contributed by atoms with Crippen molar-refractivity contribution < 1.29 is 27.8 Å². The molecule has 0 aliphatic carbocycles. The Morgan fingerprint density at radius 1 is 1.08 bits per heavy atom. The molecule has 0 amide bonds. The highest BCUT2D eigenvalue weighted by Crippen LogP contribution is 2.27. The maximum atomic E-state index is 13.7. The van der Waals surface area contributed by atoms with Gasteiger partial charge in [0.05, 0.1) is 0 Å². The molecule has 2 aromatic carbocycles. The number of hydrogen-bond acceptors (Lipinski definition) is 3. The molecular formula is C19H13ClF2O4. The fraction of sp³-hybridized carbons (Fsp3) is 0.105. The van der Waals surface area contributed by atoms with Gasteiger partial charge in [0, 0.05) is 28.6 Å². The minimum absolute atomic E-state index is 0.0979. The van der Waals surface area contributed by atoms with Gasteiger partial charge in [-0.05, 0) is 42.5 Å². The summed E-state index contributed by atoms with van der Waals surface area (Å²) in [6, 6.07) is 11.1. The molecule has 0 atom stereocenters. The lowest BCUT2D eigenvalue weighted by molar-refractivity contribution is 0.0660. The van der Waals surface area contributed by atoms with Crippen LogP contribution in [-0.4, -0.2) is 11.1 Å². The van der Waals surface area contributed by atoms with E-state index in [0.717, 1.165) is 12.1 Å². The van der Waals surface area contributed by atoms with Crippen LogP contribution in [0.2, 0.25) is 5.02 Å². The number of halogens is 3. The Hall–Kier alpha value is -2.86. The number of aromatic carboxylic acids is 1. The van der Waals surface area contributed by atoms with E-state index in [2.05, 4.69) is 0 Å². The summed E-state index contributed by atoms with van der Waals surface area (Å²) in [6.07, 6.45) is 0.245. The average Bonchev–Trinajstić information content (AvgIpc) is 3.04. The van der Waals surface area contributed by atoms with Gasteiger partial charge in [-0.15, -0.1) is 0 Å². The number of carboxylic acids is 1. The molecule has 4 nitrogen and oxygen atoms in total. The van der Waals surface area contributed by atoms with Crippen LogP contribution in [0.15, 0.2) is 52.9 Å². The Bertz CT molecular complexity index is 952. The van der Waals surface area contributed by atoms with Crippen LogP contribution < -0.4 is 4.74 Å². The number of benzene rings is 2. The van der Waals surface area contributed by atoms with Crippen LogP contribution in [0.1, 0.15) is 27.4 Å². The first-order valence-electron chi connectivity index (χ1n) is 7.59. The van der Waals surface area contributed by atoms with Crippen LogP contribution >= 0.6 is 11.6 Å². The Balaban J connectivity index is 1.79. The third kappa shape index (κ3) is 4.21. The zero-order chi connectivity index (χ0) is 18.7. The van der Waals surface area contributed by atoms with E-state index in [1.807, 2.05) is 0 Å². The molecule has 0 radical (unpaired) electrons. The van der Waals surface area contributed by atoms with E-state index in [1.165, 1.54) is 12.1 Å². The molecule has 134 valence electrons. The minimum Gasteiger partial charge on any atom is -0.488 e. The summed E-state index contributed by atoms with van der Waals surface area (Å²) < 4.78 is 37.6. The third-order valence-electron chi connectivity index (χ3n) is 3.66. The standard InChI is InChI=1S/C19H13ClF2O4/c20-13-2-5-17(25-10-11-1-3-14(21)9-16(11)22)12(7-13)8-15-4-6-18(26-15)19(23)24/h1-7,9H,8,10H2,(H,23,24). The van der Waals surface area contributed by atoms with E-state index < -0.39 is 17.6 Å². The molecule has 0 spiro atoms. The van der Waals surface area contributed by atoms with Crippen molar-refractivity contribution >= 4 is 17.6 Å². The quantitative estimate of drug-likeness (QED) is 0.650. The molecule has 1 N–H and O–H groups in total. The minimum atomic E-state index is -1.16. The first-order valence-corrected chi connectivity index (χ1v) is 7.97. The monoisotopic (exact) mass is 378 g/mol. The van der Waals surface area contributed by atoms with E-state index in [4.69, 9.17) is 25.9 Å². The number of carboxylic acid groups (broad SMARTS) is 1. The second-order valence-corrected chi connectivity index (χ2v) is 5.96. The van der Waals surface area contributed by atoms with E-state index in [0.29, 0.717) is 22.1 Å². The van der Waals surface area contributed by atoms with Crippen molar-refractivity contribution in [1.29, 1.82) is 0 Å². The third-order valence-corrected chi connectivity index (χ3v) is 3.89. The SMILES string of the molecule is O=C(O)c1ccc(Cc2cc(Cl)ccc2OCc2ccc(F)cc2F)o1. The number of carbonyl (C=O) groups is 1. The summed E-state index contributed by atoms with van der Waals surface area (Å²) in [5.41, 5.74) is 0.852. The lowest BCUT2D eigenvalue weighted by Gasteiger charge is -2.12. The van der Waals surface area contributed by atoms with Gasteiger partial charge in [-0.3, -0.25) is 0 Å². The summed E-state index contributed by atoms with van der Waals surface area (Å²) in [5, 5.41) is 9.38. The zero-order valence-electron chi connectivity index (χ0n) is 13.3. The van der Waals surface area contributed by atoms with Gasteiger partial charge in [0.1, 0.15) is 29.8 Å². The van der Waals surface area contributed by atoms with E-state index in [1.54, 1.807) is 24.3 Å². The second-order valence-electron chi connectivity index (χ2n) is 5.52. The molecule has 0 unspecified atom stereocenters. The van der Waals surface area contributed by atoms with Gasteiger partial charge in [-0.25, -0.2) is 13.6 Å². The van der Waals surface area contributed by atoms with Crippen molar-refractivity contribution in [3.8, 4) is 5.75 Å². The Morgan fingerprint density at radius 2 is 1.88 bits per heavy atom. The van der Waals surface area contributed by atoms with Crippen molar-refractivity contribution in [2.45, 2.75) is 13.0 Å². The van der Waals surface area contributed by atoms with Crippen molar-refractivity contribution in [2.24, 2.45) is 0 Å². The molecular weight excluding hydrogens is 366 g/mol. The number of rotatable bonds is 6. The van der Waals surface area contributed by atoms with Crippen LogP contribution in [0.4, 0.5) is 8.78 Å². The fourth-order valence-electron chi connectivity index (χ4n) is 2.40. The molecule has 3 aromatic rings. The Labute approximate surface area is 152 Å². The largest absolute Gasteiger partial charge is 0.488 e. The number of hydrogen-bond donors (Lipinski definition) is 1. The maximum Gasteiger partial charge on any atom is 0.371 e. The highest BCUT2D eigenvalue weighted by molar-refractivity contribution is 6.30. The van der Waals surface area contributed by atoms with Gasteiger partial charge in [-0.1, -0.05) is 11.6 Å². The maximum absolute atomic E-state index is 13.7. The lowest BCUT2D eigenvalue weighted by atomic mass is 10.1. The van der Waals surface area contributed by atoms with Crippen LogP contribution in [0, 0.1) is 11.6 Å². The Morgan fingerprint density at radius 3 is 2.58 bits per heavy atom. The molecule has 0 fully saturated rings.